The third-order valence-electron chi connectivity index (χ3n) is 5.69. The third-order valence-corrected chi connectivity index (χ3v) is 5.69. The van der Waals surface area contributed by atoms with Crippen molar-refractivity contribution in [1.29, 1.82) is 0 Å². The van der Waals surface area contributed by atoms with Crippen molar-refractivity contribution < 1.29 is 72.7 Å². The fourth-order valence-electron chi connectivity index (χ4n) is 3.47. The first-order valence-electron chi connectivity index (χ1n) is 14.2. The number of benzene rings is 1. The highest BCUT2D eigenvalue weighted by molar-refractivity contribution is 5.85. The molecule has 0 aliphatic rings. The van der Waals surface area contributed by atoms with Gasteiger partial charge in [0.15, 0.2) is 13.2 Å². The molecule has 0 heterocycles. The molecule has 2 unspecified atom stereocenters. The van der Waals surface area contributed by atoms with Crippen LogP contribution in [0.2, 0.25) is 0 Å². The second-order valence-corrected chi connectivity index (χ2v) is 9.48. The van der Waals surface area contributed by atoms with E-state index in [1.165, 1.54) is 24.3 Å². The van der Waals surface area contributed by atoms with Crippen molar-refractivity contribution in [3.63, 3.8) is 0 Å². The topological polar surface area (TPSA) is 291 Å². The first kappa shape index (κ1) is 40.2. The van der Waals surface area contributed by atoms with Crippen LogP contribution in [0.15, 0.2) is 24.3 Å². The molecule has 266 valence electrons. The maximum absolute atomic E-state index is 12.8. The van der Waals surface area contributed by atoms with Gasteiger partial charge in [-0.05, 0) is 56.7 Å². The van der Waals surface area contributed by atoms with Crippen LogP contribution in [-0.2, 0) is 59.1 Å². The van der Waals surface area contributed by atoms with Crippen LogP contribution in [0.3, 0.4) is 0 Å². The lowest BCUT2D eigenvalue weighted by atomic mass is 10.1. The molecule has 0 aromatic heterocycles. The number of nitrogens with zero attached hydrogens (tertiary/aromatic N) is 3. The maximum Gasteiger partial charge on any atom is 0.349 e. The van der Waals surface area contributed by atoms with Gasteiger partial charge < -0.3 is 33.9 Å². The molecular formula is C26H34N4O18. The summed E-state index contributed by atoms with van der Waals surface area (Å²) in [6.45, 7) is -0.872. The lowest BCUT2D eigenvalue weighted by Gasteiger charge is -2.18. The van der Waals surface area contributed by atoms with Crippen LogP contribution in [0.25, 0.3) is 0 Å². The summed E-state index contributed by atoms with van der Waals surface area (Å²) in [5.74, 6) is -4.48. The summed E-state index contributed by atoms with van der Waals surface area (Å²) < 4.78 is 19.8. The predicted molar refractivity (Wildman–Crippen MR) is 152 cm³/mol. The molecule has 0 radical (unpaired) electrons. The average Bonchev–Trinajstić information content (AvgIpc) is 3.02. The summed E-state index contributed by atoms with van der Waals surface area (Å²) in [5.41, 5.74) is 0.438. The maximum atomic E-state index is 12.8. The van der Waals surface area contributed by atoms with Crippen LogP contribution < -0.4 is 10.1 Å². The van der Waals surface area contributed by atoms with Crippen LogP contribution in [-0.4, -0.2) is 90.2 Å². The van der Waals surface area contributed by atoms with Crippen molar-refractivity contribution in [3.8, 4) is 5.75 Å². The van der Waals surface area contributed by atoms with E-state index in [0.29, 0.717) is 37.7 Å². The SMILES string of the molecule is CC(O[N+](=O)[O-])C(=O)OCC(=O)Oc1ccc(CC(NC(=O)CO[N+](=O)[O-])C(=O)OCCCCCC(=O)OCCCCO[N+](=O)[O-])cc1. The molecule has 1 N–H and O–H groups in total. The van der Waals surface area contributed by atoms with E-state index < -0.39 is 70.4 Å². The number of amides is 1. The lowest BCUT2D eigenvalue weighted by molar-refractivity contribution is -0.764. The Morgan fingerprint density at radius 3 is 1.98 bits per heavy atom. The smallest absolute Gasteiger partial charge is 0.349 e. The van der Waals surface area contributed by atoms with Gasteiger partial charge in [-0.2, -0.15) is 0 Å². The number of carbonyl (C=O) groups is 5. The highest BCUT2D eigenvalue weighted by atomic mass is 17.0. The van der Waals surface area contributed by atoms with Gasteiger partial charge in [-0.25, -0.2) is 14.4 Å². The molecule has 1 aromatic rings. The standard InChI is InChI=1S/C26H34N4O18/c1-18(48-30(40)41)25(34)44-17-24(33)47-20-10-8-19(9-11-20)15-21(27-22(31)16-46-29(38)39)26(35)43-13-4-2-3-7-23(32)42-12-5-6-14-45-28(36)37/h8-11,18,21H,2-7,12-17H2,1H3,(H,27,31). The highest BCUT2D eigenvalue weighted by Crippen LogP contribution is 2.15. The van der Waals surface area contributed by atoms with Gasteiger partial charge in [0.2, 0.25) is 12.0 Å². The Bertz CT molecular complexity index is 1260. The number of unbranched alkanes of at least 4 members (excludes halogenated alkanes) is 3. The first-order valence-corrected chi connectivity index (χ1v) is 14.2. The Kier molecular flexibility index (Phi) is 19.0. The molecule has 1 amide bonds. The van der Waals surface area contributed by atoms with Gasteiger partial charge >= 0.3 is 23.9 Å². The second-order valence-electron chi connectivity index (χ2n) is 9.48. The van der Waals surface area contributed by atoms with Crippen molar-refractivity contribution in [3.05, 3.63) is 60.2 Å². The van der Waals surface area contributed by atoms with E-state index in [-0.39, 0.29) is 38.4 Å². The van der Waals surface area contributed by atoms with E-state index in [2.05, 4.69) is 24.6 Å². The fourth-order valence-corrected chi connectivity index (χ4v) is 3.47. The number of ether oxygens (including phenoxy) is 4. The van der Waals surface area contributed by atoms with E-state index in [1.807, 2.05) is 0 Å². The molecule has 48 heavy (non-hydrogen) atoms. The lowest BCUT2D eigenvalue weighted by Crippen LogP contribution is -2.45. The minimum atomic E-state index is -1.56. The van der Waals surface area contributed by atoms with Crippen LogP contribution in [0, 0.1) is 30.3 Å². The van der Waals surface area contributed by atoms with Gasteiger partial charge in [-0.1, -0.05) is 12.1 Å². The number of carbonyl (C=O) groups excluding carboxylic acids is 5. The van der Waals surface area contributed by atoms with Crippen LogP contribution >= 0.6 is 0 Å². The number of hydrogen-bond acceptors (Lipinski definition) is 18. The summed E-state index contributed by atoms with van der Waals surface area (Å²) >= 11 is 0. The quantitative estimate of drug-likeness (QED) is 0.0367. The summed E-state index contributed by atoms with van der Waals surface area (Å²) in [7, 11) is 0. The number of esters is 4. The molecule has 1 aromatic carbocycles. The van der Waals surface area contributed by atoms with E-state index in [1.54, 1.807) is 0 Å². The van der Waals surface area contributed by atoms with Crippen molar-refractivity contribution in [2.24, 2.45) is 0 Å². The molecular weight excluding hydrogens is 656 g/mol. The summed E-state index contributed by atoms with van der Waals surface area (Å²) in [5, 5.41) is 29.7. The average molecular weight is 691 g/mol. The molecule has 0 aliphatic carbocycles. The Morgan fingerprint density at radius 1 is 0.708 bits per heavy atom. The molecule has 2 atom stereocenters. The largest absolute Gasteiger partial charge is 0.466 e. The number of nitrogens with one attached hydrogen (secondary N) is 1. The Labute approximate surface area is 271 Å². The molecule has 0 aliphatic heterocycles. The number of hydrogen-bond donors (Lipinski definition) is 1. The van der Waals surface area contributed by atoms with Gasteiger partial charge in [-0.15, -0.1) is 30.3 Å². The summed E-state index contributed by atoms with van der Waals surface area (Å²) in [4.78, 5) is 103. The van der Waals surface area contributed by atoms with Gasteiger partial charge in [0, 0.05) is 12.8 Å². The van der Waals surface area contributed by atoms with Gasteiger partial charge in [-0.3, -0.25) is 14.4 Å². The minimum Gasteiger partial charge on any atom is -0.466 e. The van der Waals surface area contributed by atoms with Crippen molar-refractivity contribution in [1.82, 2.24) is 5.32 Å². The fraction of sp³-hybridized carbons (Fsp3) is 0.577. The monoisotopic (exact) mass is 690 g/mol. The van der Waals surface area contributed by atoms with Gasteiger partial charge in [0.1, 0.15) is 11.8 Å². The van der Waals surface area contributed by atoms with Gasteiger partial charge in [0.25, 0.3) is 15.3 Å². The molecule has 0 fully saturated rings. The molecule has 0 spiro atoms. The molecule has 22 nitrogen and oxygen atoms in total. The van der Waals surface area contributed by atoms with E-state index >= 15 is 0 Å². The molecule has 1 rings (SSSR count). The predicted octanol–water partition coefficient (Wildman–Crippen LogP) is 0.603. The summed E-state index contributed by atoms with van der Waals surface area (Å²) in [6.07, 6.45) is 0.402. The molecule has 0 saturated heterocycles. The zero-order valence-electron chi connectivity index (χ0n) is 25.6. The molecule has 0 saturated carbocycles. The Balaban J connectivity index is 2.55. The highest BCUT2D eigenvalue weighted by Gasteiger charge is 2.24. The Hall–Kier alpha value is -5.83. The van der Waals surface area contributed by atoms with Crippen molar-refractivity contribution in [2.45, 2.75) is 64.0 Å². The van der Waals surface area contributed by atoms with E-state index in [9.17, 15) is 54.3 Å². The van der Waals surface area contributed by atoms with E-state index in [0.717, 1.165) is 6.92 Å². The normalized spacial score (nSPS) is 11.5. The molecule has 0 bridgehead atoms. The zero-order chi connectivity index (χ0) is 35.9. The minimum absolute atomic E-state index is 0.00288. The molecule has 22 heteroatoms. The second kappa shape index (κ2) is 22.6. The Morgan fingerprint density at radius 2 is 1.33 bits per heavy atom. The van der Waals surface area contributed by atoms with Crippen LogP contribution in [0.1, 0.15) is 51.0 Å². The first-order chi connectivity index (χ1) is 22.8. The van der Waals surface area contributed by atoms with Crippen LogP contribution in [0.4, 0.5) is 0 Å². The van der Waals surface area contributed by atoms with E-state index in [4.69, 9.17) is 14.2 Å². The van der Waals surface area contributed by atoms with Gasteiger partial charge in [0.05, 0.1) is 19.8 Å². The van der Waals surface area contributed by atoms with Crippen molar-refractivity contribution in [2.75, 3.05) is 33.0 Å². The summed E-state index contributed by atoms with van der Waals surface area (Å²) in [6, 6.07) is 4.21. The third kappa shape index (κ3) is 19.5. The zero-order valence-corrected chi connectivity index (χ0v) is 25.6. The van der Waals surface area contributed by atoms with Crippen molar-refractivity contribution >= 4 is 29.8 Å². The number of rotatable bonds is 25. The van der Waals surface area contributed by atoms with Crippen LogP contribution in [0.5, 0.6) is 5.75 Å².